The van der Waals surface area contributed by atoms with E-state index in [9.17, 15) is 0 Å². The van der Waals surface area contributed by atoms with Crippen LogP contribution in [-0.2, 0) is 0 Å². The van der Waals surface area contributed by atoms with Crippen molar-refractivity contribution in [3.05, 3.63) is 491 Å². The summed E-state index contributed by atoms with van der Waals surface area (Å²) in [5.41, 5.74) is 35.2. The molecule has 0 aliphatic heterocycles. The summed E-state index contributed by atoms with van der Waals surface area (Å²) in [5.74, 6) is 0. The smallest absolute Gasteiger partial charge is 0.161 e. The molecule has 0 aliphatic carbocycles. The van der Waals surface area contributed by atoms with Crippen molar-refractivity contribution in [2.24, 2.45) is 0 Å². The Bertz CT molecular complexity index is 10100. The number of thiophene rings is 5. The van der Waals surface area contributed by atoms with Gasteiger partial charge in [-0.1, -0.05) is 406 Å². The van der Waals surface area contributed by atoms with Gasteiger partial charge < -0.3 is 18.1 Å². The Morgan fingerprint density at radius 2 is 0.447 bits per heavy atom. The van der Waals surface area contributed by atoms with Gasteiger partial charge in [-0.25, -0.2) is 0 Å². The highest BCUT2D eigenvalue weighted by Crippen LogP contribution is 2.53. The molecule has 0 spiro atoms. The minimum atomic E-state index is 0.899. The number of para-hydroxylation sites is 6. The summed E-state index contributed by atoms with van der Waals surface area (Å²) in [6.07, 6.45) is 0. The maximum Gasteiger partial charge on any atom is 0.161 e. The Kier molecular flexibility index (Phi) is 19.9. The van der Waals surface area contributed by atoms with Crippen LogP contribution in [0.15, 0.2) is 496 Å². The fraction of sp³-hybridized carbons (Fsp3) is 0. The molecule has 4 nitrogen and oxygen atoms in total. The van der Waals surface area contributed by atoms with Gasteiger partial charge in [-0.15, -0.1) is 56.7 Å². The molecule has 0 radical (unpaired) electrons. The van der Waals surface area contributed by atoms with Crippen LogP contribution in [0.25, 0.3) is 273 Å². The van der Waals surface area contributed by atoms with E-state index in [1.165, 1.54) is 234 Å². The normalized spacial score (nSPS) is 11.8. The molecule has 0 fully saturated rings. The van der Waals surface area contributed by atoms with Crippen LogP contribution in [0, 0.1) is 0 Å². The molecule has 660 valence electrons. The van der Waals surface area contributed by atoms with Crippen LogP contribution in [0.4, 0.5) is 0 Å². The van der Waals surface area contributed by atoms with Gasteiger partial charge in [0.05, 0.1) is 42.4 Å². The molecule has 0 saturated heterocycles. The van der Waals surface area contributed by atoms with Crippen molar-refractivity contribution >= 4 is 213 Å². The minimum Gasteiger partial charge on any atom is -0.454 e. The van der Waals surface area contributed by atoms with Gasteiger partial charge in [0.2, 0.25) is 0 Å². The van der Waals surface area contributed by atoms with E-state index in [2.05, 4.69) is 505 Å². The van der Waals surface area contributed by atoms with E-state index < -0.39 is 0 Å². The van der Waals surface area contributed by atoms with E-state index in [4.69, 9.17) is 4.42 Å². The zero-order valence-corrected chi connectivity index (χ0v) is 80.1. The topological polar surface area (TPSA) is 27.9 Å². The highest BCUT2D eigenvalue weighted by molar-refractivity contribution is 7.28. The van der Waals surface area contributed by atoms with Crippen LogP contribution in [0.3, 0.4) is 0 Å². The number of rotatable bonds is 12. The van der Waals surface area contributed by atoms with E-state index in [1.807, 2.05) is 56.7 Å². The van der Waals surface area contributed by atoms with E-state index in [0.29, 0.717) is 0 Å². The zero-order valence-electron chi connectivity index (χ0n) is 76.1. The maximum absolute atomic E-state index is 6.63. The van der Waals surface area contributed by atoms with Crippen molar-refractivity contribution in [3.8, 4) is 117 Å². The first-order valence-electron chi connectivity index (χ1n) is 47.8. The monoisotopic (exact) mass is 1880 g/mol. The lowest BCUT2D eigenvalue weighted by atomic mass is 9.95. The summed E-state index contributed by atoms with van der Waals surface area (Å²) in [7, 11) is 0. The number of hydrogen-bond donors (Lipinski definition) is 0. The Morgan fingerprint density at radius 1 is 0.156 bits per heavy atom. The summed E-state index contributed by atoms with van der Waals surface area (Å²) < 4.78 is 27.2. The molecule has 0 bridgehead atoms. The van der Waals surface area contributed by atoms with Crippen molar-refractivity contribution in [2.75, 3.05) is 0 Å². The second-order valence-corrected chi connectivity index (χ2v) is 41.4. The number of fused-ring (bicyclic) bond motifs is 24. The zero-order chi connectivity index (χ0) is 92.7. The van der Waals surface area contributed by atoms with Crippen LogP contribution < -0.4 is 0 Å². The fourth-order valence-electron chi connectivity index (χ4n) is 21.8. The Balaban J connectivity index is 0.000000104. The lowest BCUT2D eigenvalue weighted by Crippen LogP contribution is -1.93. The first-order valence-corrected chi connectivity index (χ1v) is 51.9. The fourth-order valence-corrected chi connectivity index (χ4v) is 28.3. The van der Waals surface area contributed by atoms with Gasteiger partial charge >= 0.3 is 0 Å². The molecule has 9 aromatic heterocycles. The molecule has 0 saturated carbocycles. The molecule has 30 aromatic rings. The molecule has 30 rings (SSSR count). The molecule has 0 aliphatic rings. The second kappa shape index (κ2) is 34.1. The Morgan fingerprint density at radius 3 is 0.894 bits per heavy atom. The van der Waals surface area contributed by atoms with Crippen LogP contribution in [0.1, 0.15) is 0 Å². The van der Waals surface area contributed by atoms with E-state index in [-0.39, 0.29) is 0 Å². The first kappa shape index (κ1) is 82.4. The van der Waals surface area contributed by atoms with Crippen LogP contribution >= 0.6 is 56.7 Å². The van der Waals surface area contributed by atoms with Gasteiger partial charge in [-0.05, 0) is 185 Å². The summed E-state index contributed by atoms with van der Waals surface area (Å²) in [6, 6.07) is 178. The third-order valence-corrected chi connectivity index (χ3v) is 34.4. The van der Waals surface area contributed by atoms with E-state index >= 15 is 0 Å². The van der Waals surface area contributed by atoms with Gasteiger partial charge in [-0.3, -0.25) is 0 Å². The number of furan rings is 1. The maximum atomic E-state index is 6.63. The molecular formula is C132H81N3OS5. The quantitative estimate of drug-likeness (QED) is 0.120. The number of aromatic nitrogens is 3. The molecule has 0 unspecified atom stereocenters. The highest BCUT2D eigenvalue weighted by Gasteiger charge is 2.27. The number of benzene rings is 21. The average molecular weight is 1890 g/mol. The second-order valence-electron chi connectivity index (χ2n) is 36.2. The van der Waals surface area contributed by atoms with Crippen LogP contribution in [-0.4, -0.2) is 13.7 Å². The van der Waals surface area contributed by atoms with Crippen LogP contribution in [0.2, 0.25) is 0 Å². The average Bonchev–Trinajstić information content (AvgIpc) is 1.56. The van der Waals surface area contributed by atoms with E-state index in [0.717, 1.165) is 38.7 Å². The lowest BCUT2D eigenvalue weighted by molar-refractivity contribution is 0.673. The molecular weight excluding hydrogens is 1800 g/mol. The van der Waals surface area contributed by atoms with Gasteiger partial charge in [0.15, 0.2) is 5.58 Å². The summed E-state index contributed by atoms with van der Waals surface area (Å²) in [6.45, 7) is 0. The summed E-state index contributed by atoms with van der Waals surface area (Å²) in [5, 5.41) is 15.4. The minimum absolute atomic E-state index is 0.899. The molecule has 0 atom stereocenters. The molecule has 0 amide bonds. The standard InChI is InChI=1S/C44H27NOS.2C44H27NS2/c1-3-12-28(13-4-1)34-19-9-20-36-40-32(18-11-23-39(40)47-44(34)36)29-24-26-30(27-25-29)33-17-10-22-38-41(33)42-43(46-38)35-16-7-8-21-37(35)45(42)31-14-5-2-6-15-31;1-3-12-28(13-4-1)32-17-9-20-35-36-21-10-18-33(42(36)46-41(32)35)29-24-26-30(27-25-29)34-19-11-22-38-40-44(47-43(34)38)37-16-7-8-23-39(37)45(40)31-14-5-2-6-15-31;1-3-10-28(11-4-1)31-22-24-35-36-25-23-32(27-41(36)46-40(35)26-31)29-18-20-30(21-19-29)34-15-9-16-38-42-44(47-43(34)38)37-14-7-8-17-39(37)45(42)33-12-5-2-6-13-33/h3*1-27H. The third kappa shape index (κ3) is 13.8. The van der Waals surface area contributed by atoms with Crippen molar-refractivity contribution in [3.63, 3.8) is 0 Å². The molecule has 9 heteroatoms. The van der Waals surface area contributed by atoms with Crippen molar-refractivity contribution in [2.45, 2.75) is 0 Å². The van der Waals surface area contributed by atoms with Gasteiger partial charge in [-0.2, -0.15) is 0 Å². The summed E-state index contributed by atoms with van der Waals surface area (Å²) in [4.78, 5) is 0. The molecule has 21 aromatic carbocycles. The largest absolute Gasteiger partial charge is 0.454 e. The van der Waals surface area contributed by atoms with Crippen molar-refractivity contribution < 1.29 is 4.42 Å². The van der Waals surface area contributed by atoms with E-state index in [1.54, 1.807) is 0 Å². The summed E-state index contributed by atoms with van der Waals surface area (Å²) >= 11 is 9.50. The third-order valence-electron chi connectivity index (χ3n) is 28.3. The predicted octanol–water partition coefficient (Wildman–Crippen LogP) is 39.6. The Hall–Kier alpha value is -16.9. The van der Waals surface area contributed by atoms with Crippen molar-refractivity contribution in [1.82, 2.24) is 13.7 Å². The van der Waals surface area contributed by atoms with Gasteiger partial charge in [0.1, 0.15) is 11.1 Å². The number of nitrogens with zero attached hydrogens (tertiary/aromatic N) is 3. The van der Waals surface area contributed by atoms with Crippen LogP contribution in [0.5, 0.6) is 0 Å². The predicted molar refractivity (Wildman–Crippen MR) is 610 cm³/mol. The lowest BCUT2D eigenvalue weighted by Gasteiger charge is -2.10. The first-order chi connectivity index (χ1) is 70.0. The molecule has 9 heterocycles. The molecule has 0 N–H and O–H groups in total. The number of hydrogen-bond acceptors (Lipinski definition) is 6. The van der Waals surface area contributed by atoms with Gasteiger partial charge in [0.25, 0.3) is 0 Å². The van der Waals surface area contributed by atoms with Gasteiger partial charge in [0, 0.05) is 114 Å². The Labute approximate surface area is 832 Å². The van der Waals surface area contributed by atoms with Crippen molar-refractivity contribution in [1.29, 1.82) is 0 Å². The highest BCUT2D eigenvalue weighted by atomic mass is 32.1. The SMILES string of the molecule is c1ccc(-c2ccc3c(c2)sc2cc(-c4ccc(-c5cccc6c5sc5c7ccccc7n(-c7ccccc7)c65)cc4)ccc23)cc1.c1ccc(-c2cccc3c2sc2c(-c4ccc(-c5cccc6c5sc5c7ccccc7n(-c7ccccc7)c65)cc4)cccc23)cc1.c1ccc(-c2cccc3c2sc2cccc(-c4ccc(-c5cccc6oc7c8ccccc8n(-c8ccccc8)c7c56)cc4)c23)cc1. The molecule has 141 heavy (non-hydrogen) atoms.